The molecule has 8 heteroatoms. The summed E-state index contributed by atoms with van der Waals surface area (Å²) in [6, 6.07) is 5.19. The van der Waals surface area contributed by atoms with Crippen LogP contribution in [-0.2, 0) is 0 Å². The van der Waals surface area contributed by atoms with Crippen LogP contribution in [0.25, 0.3) is 11.1 Å². The third-order valence-electron chi connectivity index (χ3n) is 4.80. The van der Waals surface area contributed by atoms with Crippen LogP contribution in [0.3, 0.4) is 0 Å². The minimum Gasteiger partial charge on any atom is -0.493 e. The highest BCUT2D eigenvalue weighted by Gasteiger charge is 2.29. The molecular formula is C20H21N3O5. The van der Waals surface area contributed by atoms with Gasteiger partial charge in [0.1, 0.15) is 0 Å². The standard InChI is InChI=1S/C20H21N3O5/c1-10-17-13(9-14(11-5-6-11)22-20(17)28-23-10)19(24)21-12-7-15(25-2)18(27-4)16(8-12)26-3/h7-9,11H,5-6H2,1-4H3,(H,21,24). The van der Waals surface area contributed by atoms with Crippen LogP contribution in [0.15, 0.2) is 22.7 Å². The van der Waals surface area contributed by atoms with Crippen molar-refractivity contribution in [2.24, 2.45) is 0 Å². The van der Waals surface area contributed by atoms with Gasteiger partial charge in [-0.15, -0.1) is 0 Å². The zero-order chi connectivity index (χ0) is 19.8. The van der Waals surface area contributed by atoms with Crippen molar-refractivity contribution >= 4 is 22.7 Å². The summed E-state index contributed by atoms with van der Waals surface area (Å²) in [4.78, 5) is 17.6. The van der Waals surface area contributed by atoms with E-state index in [1.165, 1.54) is 21.3 Å². The molecule has 0 unspecified atom stereocenters. The molecule has 1 aliphatic rings. The molecule has 28 heavy (non-hydrogen) atoms. The fourth-order valence-electron chi connectivity index (χ4n) is 3.23. The number of benzene rings is 1. The zero-order valence-electron chi connectivity index (χ0n) is 16.2. The summed E-state index contributed by atoms with van der Waals surface area (Å²) >= 11 is 0. The first-order valence-electron chi connectivity index (χ1n) is 8.94. The average Bonchev–Trinajstić information content (AvgIpc) is 3.49. The quantitative estimate of drug-likeness (QED) is 0.693. The molecule has 1 saturated carbocycles. The SMILES string of the molecule is COc1cc(NC(=O)c2cc(C3CC3)nc3onc(C)c23)cc(OC)c1OC. The molecule has 2 aromatic heterocycles. The lowest BCUT2D eigenvalue weighted by Gasteiger charge is -2.15. The van der Waals surface area contributed by atoms with Crippen molar-refractivity contribution in [3.8, 4) is 17.2 Å². The third-order valence-corrected chi connectivity index (χ3v) is 4.80. The number of anilines is 1. The second-order valence-corrected chi connectivity index (χ2v) is 6.69. The summed E-state index contributed by atoms with van der Waals surface area (Å²) in [7, 11) is 4.58. The molecule has 1 amide bonds. The van der Waals surface area contributed by atoms with E-state index >= 15 is 0 Å². The molecule has 0 bridgehead atoms. The Morgan fingerprint density at radius 1 is 1.11 bits per heavy atom. The van der Waals surface area contributed by atoms with Crippen LogP contribution in [0.5, 0.6) is 17.2 Å². The largest absolute Gasteiger partial charge is 0.493 e. The molecule has 0 spiro atoms. The van der Waals surface area contributed by atoms with Crippen LogP contribution in [0.2, 0.25) is 0 Å². The molecule has 0 radical (unpaired) electrons. The lowest BCUT2D eigenvalue weighted by atomic mass is 10.1. The minimum absolute atomic E-state index is 0.283. The van der Waals surface area contributed by atoms with Gasteiger partial charge in [0, 0.05) is 29.4 Å². The van der Waals surface area contributed by atoms with Gasteiger partial charge >= 0.3 is 0 Å². The van der Waals surface area contributed by atoms with E-state index in [4.69, 9.17) is 18.7 Å². The van der Waals surface area contributed by atoms with Crippen LogP contribution < -0.4 is 19.5 Å². The molecule has 2 heterocycles. The van der Waals surface area contributed by atoms with E-state index in [1.54, 1.807) is 19.1 Å². The number of carbonyl (C=O) groups is 1. The van der Waals surface area contributed by atoms with Crippen molar-refractivity contribution < 1.29 is 23.5 Å². The maximum absolute atomic E-state index is 13.1. The van der Waals surface area contributed by atoms with Gasteiger partial charge in [-0.1, -0.05) is 5.16 Å². The number of aromatic nitrogens is 2. The normalized spacial score (nSPS) is 13.4. The first-order chi connectivity index (χ1) is 13.5. The van der Waals surface area contributed by atoms with Crippen LogP contribution in [-0.4, -0.2) is 37.4 Å². The van der Waals surface area contributed by atoms with E-state index in [1.807, 2.05) is 6.07 Å². The van der Waals surface area contributed by atoms with Crippen molar-refractivity contribution in [2.75, 3.05) is 26.6 Å². The molecule has 1 fully saturated rings. The molecular weight excluding hydrogens is 362 g/mol. The van der Waals surface area contributed by atoms with E-state index in [0.717, 1.165) is 18.5 Å². The number of ether oxygens (including phenoxy) is 3. The highest BCUT2D eigenvalue weighted by Crippen LogP contribution is 2.42. The summed E-state index contributed by atoms with van der Waals surface area (Å²) in [5.74, 6) is 1.46. The van der Waals surface area contributed by atoms with Gasteiger partial charge in [0.15, 0.2) is 11.5 Å². The monoisotopic (exact) mass is 383 g/mol. The van der Waals surface area contributed by atoms with Crippen molar-refractivity contribution in [3.05, 3.63) is 35.2 Å². The second-order valence-electron chi connectivity index (χ2n) is 6.69. The topological polar surface area (TPSA) is 95.7 Å². The van der Waals surface area contributed by atoms with E-state index < -0.39 is 0 Å². The van der Waals surface area contributed by atoms with Gasteiger partial charge in [-0.2, -0.15) is 0 Å². The Hall–Kier alpha value is -3.29. The fourth-order valence-corrected chi connectivity index (χ4v) is 3.23. The van der Waals surface area contributed by atoms with Crippen molar-refractivity contribution in [1.82, 2.24) is 10.1 Å². The number of fused-ring (bicyclic) bond motifs is 1. The fraction of sp³-hybridized carbons (Fsp3) is 0.350. The molecule has 1 aromatic carbocycles. The summed E-state index contributed by atoms with van der Waals surface area (Å²) in [5, 5.41) is 7.49. The number of methoxy groups -OCH3 is 3. The Bertz CT molecular complexity index is 1030. The molecule has 3 aromatic rings. The van der Waals surface area contributed by atoms with Gasteiger partial charge in [-0.05, 0) is 25.8 Å². The van der Waals surface area contributed by atoms with E-state index in [2.05, 4.69) is 15.5 Å². The molecule has 1 aliphatic carbocycles. The number of nitrogens with zero attached hydrogens (tertiary/aromatic N) is 2. The van der Waals surface area contributed by atoms with E-state index in [9.17, 15) is 4.79 Å². The predicted octanol–water partition coefficient (Wildman–Crippen LogP) is 3.69. The molecule has 0 aliphatic heterocycles. The summed E-state index contributed by atoms with van der Waals surface area (Å²) < 4.78 is 21.3. The number of hydrogen-bond donors (Lipinski definition) is 1. The predicted molar refractivity (Wildman–Crippen MR) is 103 cm³/mol. The number of amides is 1. The van der Waals surface area contributed by atoms with Crippen LogP contribution >= 0.6 is 0 Å². The third kappa shape index (κ3) is 3.11. The Labute approximate surface area is 161 Å². The van der Waals surface area contributed by atoms with Crippen LogP contribution in [0.4, 0.5) is 5.69 Å². The number of aryl methyl sites for hydroxylation is 1. The van der Waals surface area contributed by atoms with Gasteiger partial charge in [-0.3, -0.25) is 4.79 Å². The van der Waals surface area contributed by atoms with Gasteiger partial charge < -0.3 is 24.1 Å². The van der Waals surface area contributed by atoms with Gasteiger partial charge in [0.25, 0.3) is 11.6 Å². The molecule has 4 rings (SSSR count). The first-order valence-corrected chi connectivity index (χ1v) is 8.94. The Morgan fingerprint density at radius 3 is 2.36 bits per heavy atom. The van der Waals surface area contributed by atoms with Gasteiger partial charge in [0.2, 0.25) is 5.75 Å². The molecule has 0 saturated heterocycles. The zero-order valence-corrected chi connectivity index (χ0v) is 16.2. The average molecular weight is 383 g/mol. The van der Waals surface area contributed by atoms with Gasteiger partial charge in [-0.25, -0.2) is 4.98 Å². The van der Waals surface area contributed by atoms with E-state index in [-0.39, 0.29) is 5.91 Å². The number of pyridine rings is 1. The lowest BCUT2D eigenvalue weighted by Crippen LogP contribution is -2.14. The number of carbonyl (C=O) groups excluding carboxylic acids is 1. The number of rotatable bonds is 6. The Morgan fingerprint density at radius 2 is 1.79 bits per heavy atom. The van der Waals surface area contributed by atoms with Crippen molar-refractivity contribution in [3.63, 3.8) is 0 Å². The summed E-state index contributed by atoms with van der Waals surface area (Å²) in [6.45, 7) is 1.79. The van der Waals surface area contributed by atoms with Crippen molar-refractivity contribution in [1.29, 1.82) is 0 Å². The Kier molecular flexibility index (Phi) is 4.54. The van der Waals surface area contributed by atoms with Crippen LogP contribution in [0, 0.1) is 6.92 Å². The minimum atomic E-state index is -0.283. The highest BCUT2D eigenvalue weighted by atomic mass is 16.5. The smallest absolute Gasteiger partial charge is 0.259 e. The van der Waals surface area contributed by atoms with Crippen LogP contribution in [0.1, 0.15) is 40.5 Å². The Balaban J connectivity index is 1.74. The van der Waals surface area contributed by atoms with Gasteiger partial charge in [0.05, 0.1) is 38.0 Å². The summed E-state index contributed by atoms with van der Waals surface area (Å²) in [6.07, 6.45) is 2.14. The lowest BCUT2D eigenvalue weighted by molar-refractivity contribution is 0.102. The molecule has 8 nitrogen and oxygen atoms in total. The first kappa shape index (κ1) is 18.1. The number of hydrogen-bond acceptors (Lipinski definition) is 7. The van der Waals surface area contributed by atoms with E-state index in [0.29, 0.717) is 51.2 Å². The molecule has 1 N–H and O–H groups in total. The number of nitrogens with one attached hydrogen (secondary N) is 1. The molecule has 146 valence electrons. The van der Waals surface area contributed by atoms with Crippen molar-refractivity contribution in [2.45, 2.75) is 25.7 Å². The second kappa shape index (κ2) is 7.03. The molecule has 0 atom stereocenters. The summed E-state index contributed by atoms with van der Waals surface area (Å²) in [5.41, 5.74) is 2.88. The maximum atomic E-state index is 13.1. The highest BCUT2D eigenvalue weighted by molar-refractivity contribution is 6.12. The maximum Gasteiger partial charge on any atom is 0.259 e.